The molecule has 1 aliphatic heterocycles. The maximum absolute atomic E-state index is 11.9. The second-order valence-electron chi connectivity index (χ2n) is 4.30. The van der Waals surface area contributed by atoms with Crippen LogP contribution in [0.15, 0.2) is 35.7 Å². The summed E-state index contributed by atoms with van der Waals surface area (Å²) < 4.78 is 29.7. The average Bonchev–Trinajstić information content (AvgIpc) is 2.35. The summed E-state index contributed by atoms with van der Waals surface area (Å²) >= 11 is 0. The zero-order valence-electron chi connectivity index (χ0n) is 10.5. The molecule has 0 atom stereocenters. The molecular weight excluding hydrogens is 266 g/mol. The van der Waals surface area contributed by atoms with Crippen LogP contribution in [0.3, 0.4) is 0 Å². The van der Waals surface area contributed by atoms with Crippen molar-refractivity contribution in [2.75, 3.05) is 20.2 Å². The Hall–Kier alpha value is -1.66. The van der Waals surface area contributed by atoms with E-state index in [1.54, 1.807) is 6.08 Å². The molecule has 6 heteroatoms. The van der Waals surface area contributed by atoms with Crippen molar-refractivity contribution in [1.29, 1.82) is 0 Å². The second kappa shape index (κ2) is 5.54. The van der Waals surface area contributed by atoms with Crippen LogP contribution in [0.1, 0.15) is 5.56 Å². The molecule has 0 spiro atoms. The van der Waals surface area contributed by atoms with Gasteiger partial charge in [0.2, 0.25) is 10.0 Å². The molecule has 1 saturated heterocycles. The molecule has 1 heterocycles. The minimum Gasteiger partial charge on any atom is -0.469 e. The van der Waals surface area contributed by atoms with Gasteiger partial charge in [-0.3, -0.25) is 4.79 Å². The van der Waals surface area contributed by atoms with Gasteiger partial charge in [0.25, 0.3) is 0 Å². The normalized spacial score (nSPS) is 17.3. The van der Waals surface area contributed by atoms with Crippen molar-refractivity contribution in [2.24, 2.45) is 5.92 Å². The number of methoxy groups -OCH3 is 1. The van der Waals surface area contributed by atoms with Crippen LogP contribution in [-0.2, 0) is 19.6 Å². The molecule has 102 valence electrons. The molecule has 0 aliphatic carbocycles. The first kappa shape index (κ1) is 13.8. The minimum atomic E-state index is -3.45. The van der Waals surface area contributed by atoms with Crippen LogP contribution in [0, 0.1) is 5.92 Å². The summed E-state index contributed by atoms with van der Waals surface area (Å²) in [6.45, 7) is 0.377. The quantitative estimate of drug-likeness (QED) is 0.775. The van der Waals surface area contributed by atoms with Crippen molar-refractivity contribution in [2.45, 2.75) is 0 Å². The molecule has 0 amide bonds. The lowest BCUT2D eigenvalue weighted by atomic mass is 10.0. The number of nitrogens with zero attached hydrogens (tertiary/aromatic N) is 1. The predicted octanol–water partition coefficient (Wildman–Crippen LogP) is 1.09. The van der Waals surface area contributed by atoms with Crippen LogP contribution in [0.2, 0.25) is 0 Å². The van der Waals surface area contributed by atoms with Gasteiger partial charge in [-0.2, -0.15) is 4.31 Å². The Balaban J connectivity index is 1.98. The van der Waals surface area contributed by atoms with Crippen LogP contribution in [0.4, 0.5) is 0 Å². The molecule has 1 aromatic carbocycles. The number of sulfonamides is 1. The van der Waals surface area contributed by atoms with Crippen LogP contribution in [0.25, 0.3) is 6.08 Å². The zero-order valence-corrected chi connectivity index (χ0v) is 11.3. The smallest absolute Gasteiger partial charge is 0.311 e. The fourth-order valence-electron chi connectivity index (χ4n) is 1.78. The molecule has 0 unspecified atom stereocenters. The molecule has 5 nitrogen and oxygen atoms in total. The largest absolute Gasteiger partial charge is 0.469 e. The highest BCUT2D eigenvalue weighted by atomic mass is 32.2. The van der Waals surface area contributed by atoms with Gasteiger partial charge >= 0.3 is 5.97 Å². The van der Waals surface area contributed by atoms with E-state index in [0.717, 1.165) is 11.0 Å². The fourth-order valence-corrected chi connectivity index (χ4v) is 3.05. The summed E-state index contributed by atoms with van der Waals surface area (Å²) in [5.74, 6) is -0.705. The number of benzene rings is 1. The predicted molar refractivity (Wildman–Crippen MR) is 71.5 cm³/mol. The van der Waals surface area contributed by atoms with Gasteiger partial charge in [-0.1, -0.05) is 30.3 Å². The number of ether oxygens (including phenoxy) is 1. The highest BCUT2D eigenvalue weighted by Crippen LogP contribution is 2.22. The number of carbonyl (C=O) groups excluding carboxylic acids is 1. The lowest BCUT2D eigenvalue weighted by molar-refractivity contribution is -0.149. The molecule has 0 saturated carbocycles. The van der Waals surface area contributed by atoms with Crippen LogP contribution < -0.4 is 0 Å². The Morgan fingerprint density at radius 2 is 1.95 bits per heavy atom. The van der Waals surface area contributed by atoms with Crippen LogP contribution in [-0.4, -0.2) is 38.9 Å². The average molecular weight is 281 g/mol. The zero-order chi connectivity index (χ0) is 13.9. The molecule has 1 aliphatic rings. The second-order valence-corrected chi connectivity index (χ2v) is 6.11. The lowest BCUT2D eigenvalue weighted by Crippen LogP contribution is -2.52. The maximum atomic E-state index is 11.9. The first-order chi connectivity index (χ1) is 9.03. The van der Waals surface area contributed by atoms with Crippen molar-refractivity contribution in [1.82, 2.24) is 4.31 Å². The molecule has 2 rings (SSSR count). The van der Waals surface area contributed by atoms with Crippen molar-refractivity contribution in [3.05, 3.63) is 41.3 Å². The number of rotatable bonds is 4. The van der Waals surface area contributed by atoms with Gasteiger partial charge < -0.3 is 4.74 Å². The van der Waals surface area contributed by atoms with Crippen molar-refractivity contribution in [3.63, 3.8) is 0 Å². The fraction of sp³-hybridized carbons (Fsp3) is 0.308. The molecule has 0 aromatic heterocycles. The van der Waals surface area contributed by atoms with Crippen molar-refractivity contribution < 1.29 is 17.9 Å². The molecule has 19 heavy (non-hydrogen) atoms. The molecular formula is C13H15NO4S. The van der Waals surface area contributed by atoms with E-state index < -0.39 is 10.0 Å². The maximum Gasteiger partial charge on any atom is 0.311 e. The summed E-state index contributed by atoms with van der Waals surface area (Å²) in [5.41, 5.74) is 0.816. The van der Waals surface area contributed by atoms with Crippen molar-refractivity contribution in [3.8, 4) is 0 Å². The lowest BCUT2D eigenvalue weighted by Gasteiger charge is -2.35. The molecule has 0 N–H and O–H groups in total. The van der Waals surface area contributed by atoms with Gasteiger partial charge in [0.15, 0.2) is 0 Å². The molecule has 0 bridgehead atoms. The van der Waals surface area contributed by atoms with E-state index in [4.69, 9.17) is 0 Å². The Labute approximate surface area is 112 Å². The van der Waals surface area contributed by atoms with Gasteiger partial charge in [0.05, 0.1) is 13.0 Å². The highest BCUT2D eigenvalue weighted by molar-refractivity contribution is 7.92. The third kappa shape index (κ3) is 3.21. The number of hydrogen-bond donors (Lipinski definition) is 0. The molecule has 1 aromatic rings. The number of carbonyl (C=O) groups is 1. The molecule has 1 fully saturated rings. The Morgan fingerprint density at radius 3 is 2.53 bits per heavy atom. The monoisotopic (exact) mass is 281 g/mol. The van der Waals surface area contributed by atoms with Gasteiger partial charge in [-0.05, 0) is 11.6 Å². The number of esters is 1. The minimum absolute atomic E-state index is 0.189. The van der Waals surface area contributed by atoms with E-state index in [1.165, 1.54) is 11.4 Å². The summed E-state index contributed by atoms with van der Waals surface area (Å²) in [5, 5.41) is 1.16. The van der Waals surface area contributed by atoms with Gasteiger partial charge in [-0.25, -0.2) is 8.42 Å². The molecule has 0 radical (unpaired) electrons. The third-order valence-electron chi connectivity index (χ3n) is 2.97. The van der Waals surface area contributed by atoms with E-state index in [-0.39, 0.29) is 25.0 Å². The van der Waals surface area contributed by atoms with E-state index >= 15 is 0 Å². The van der Waals surface area contributed by atoms with Gasteiger partial charge in [0, 0.05) is 18.5 Å². The van der Waals surface area contributed by atoms with E-state index in [9.17, 15) is 13.2 Å². The summed E-state index contributed by atoms with van der Waals surface area (Å²) in [7, 11) is -2.15. The SMILES string of the molecule is COC(=O)C1CN(S(=O)(=O)/C=C/c2ccccc2)C1. The Kier molecular flexibility index (Phi) is 4.01. The first-order valence-corrected chi connectivity index (χ1v) is 7.34. The van der Waals surface area contributed by atoms with Gasteiger partial charge in [-0.15, -0.1) is 0 Å². The summed E-state index contributed by atoms with van der Waals surface area (Å²) in [6.07, 6.45) is 1.54. The third-order valence-corrected chi connectivity index (χ3v) is 4.47. The van der Waals surface area contributed by atoms with Crippen LogP contribution >= 0.6 is 0 Å². The van der Waals surface area contributed by atoms with E-state index in [0.29, 0.717) is 0 Å². The van der Waals surface area contributed by atoms with Crippen LogP contribution in [0.5, 0.6) is 0 Å². The Bertz CT molecular complexity index is 574. The first-order valence-electron chi connectivity index (χ1n) is 5.84. The van der Waals surface area contributed by atoms with Crippen molar-refractivity contribution >= 4 is 22.1 Å². The van der Waals surface area contributed by atoms with Gasteiger partial charge in [0.1, 0.15) is 0 Å². The Morgan fingerprint density at radius 1 is 1.32 bits per heavy atom. The highest BCUT2D eigenvalue weighted by Gasteiger charge is 2.39. The number of hydrogen-bond acceptors (Lipinski definition) is 4. The summed E-state index contributed by atoms with van der Waals surface area (Å²) in [6, 6.07) is 9.17. The van der Waals surface area contributed by atoms with E-state index in [2.05, 4.69) is 4.74 Å². The standard InChI is InChI=1S/C13H15NO4S/c1-18-13(15)12-9-14(10-12)19(16,17)8-7-11-5-3-2-4-6-11/h2-8,12H,9-10H2,1H3/b8-7+. The van der Waals surface area contributed by atoms with E-state index in [1.807, 2.05) is 30.3 Å². The summed E-state index contributed by atoms with van der Waals surface area (Å²) in [4.78, 5) is 11.2. The topological polar surface area (TPSA) is 63.7 Å².